The summed E-state index contributed by atoms with van der Waals surface area (Å²) in [6, 6.07) is 12.8. The molecular weight excluding hydrogens is 410 g/mol. The predicted octanol–water partition coefficient (Wildman–Crippen LogP) is 2.69. The number of esters is 1. The summed E-state index contributed by atoms with van der Waals surface area (Å²) in [7, 11) is 3.18. The predicted molar refractivity (Wildman–Crippen MR) is 117 cm³/mol. The SMILES string of the molecule is COc1cc2c(cc1OC)CN(C(=O)COC(=O)c1ccc(Cn3cccn3)cc1)CC2. The van der Waals surface area contributed by atoms with Gasteiger partial charge in [-0.1, -0.05) is 12.1 Å². The number of rotatable bonds is 7. The van der Waals surface area contributed by atoms with Crippen molar-refractivity contribution in [1.82, 2.24) is 14.7 Å². The van der Waals surface area contributed by atoms with Crippen molar-refractivity contribution >= 4 is 11.9 Å². The quantitative estimate of drug-likeness (QED) is 0.531. The van der Waals surface area contributed by atoms with Crippen LogP contribution in [0.1, 0.15) is 27.0 Å². The molecule has 1 amide bonds. The van der Waals surface area contributed by atoms with Gasteiger partial charge in [-0.3, -0.25) is 9.48 Å². The molecule has 32 heavy (non-hydrogen) atoms. The lowest BCUT2D eigenvalue weighted by molar-refractivity contribution is -0.135. The molecule has 3 aromatic rings. The third-order valence-electron chi connectivity index (χ3n) is 5.49. The minimum Gasteiger partial charge on any atom is -0.493 e. The van der Waals surface area contributed by atoms with E-state index in [0.29, 0.717) is 43.1 Å². The fourth-order valence-corrected chi connectivity index (χ4v) is 3.73. The fraction of sp³-hybridized carbons (Fsp3) is 0.292. The Morgan fingerprint density at radius 3 is 2.41 bits per heavy atom. The molecule has 8 heteroatoms. The first-order valence-electron chi connectivity index (χ1n) is 10.3. The van der Waals surface area contributed by atoms with Crippen LogP contribution in [0.4, 0.5) is 0 Å². The van der Waals surface area contributed by atoms with E-state index >= 15 is 0 Å². The molecule has 8 nitrogen and oxygen atoms in total. The van der Waals surface area contributed by atoms with E-state index in [-0.39, 0.29) is 12.5 Å². The molecule has 0 fully saturated rings. The number of aromatic nitrogens is 2. The first kappa shape index (κ1) is 21.4. The maximum absolute atomic E-state index is 12.6. The topological polar surface area (TPSA) is 82.9 Å². The molecule has 0 saturated heterocycles. The number of benzene rings is 2. The van der Waals surface area contributed by atoms with Crippen LogP contribution in [-0.2, 0) is 29.0 Å². The van der Waals surface area contributed by atoms with Crippen LogP contribution in [0.25, 0.3) is 0 Å². The van der Waals surface area contributed by atoms with E-state index in [1.54, 1.807) is 42.1 Å². The molecule has 0 spiro atoms. The summed E-state index contributed by atoms with van der Waals surface area (Å²) in [4.78, 5) is 26.7. The highest BCUT2D eigenvalue weighted by atomic mass is 16.5. The van der Waals surface area contributed by atoms with Crippen molar-refractivity contribution in [3.8, 4) is 11.5 Å². The zero-order chi connectivity index (χ0) is 22.5. The Balaban J connectivity index is 1.32. The summed E-state index contributed by atoms with van der Waals surface area (Å²) in [5.41, 5.74) is 3.54. The minimum atomic E-state index is -0.521. The van der Waals surface area contributed by atoms with Gasteiger partial charge in [0.1, 0.15) is 0 Å². The fourth-order valence-electron chi connectivity index (χ4n) is 3.73. The van der Waals surface area contributed by atoms with Crippen molar-refractivity contribution < 1.29 is 23.8 Å². The molecule has 0 radical (unpaired) electrons. The van der Waals surface area contributed by atoms with Crippen LogP contribution < -0.4 is 9.47 Å². The lowest BCUT2D eigenvalue weighted by Gasteiger charge is -2.29. The Morgan fingerprint density at radius 2 is 1.75 bits per heavy atom. The van der Waals surface area contributed by atoms with E-state index in [2.05, 4.69) is 5.10 Å². The number of carbonyl (C=O) groups excluding carboxylic acids is 2. The highest BCUT2D eigenvalue weighted by Crippen LogP contribution is 2.33. The summed E-state index contributed by atoms with van der Waals surface area (Å²) in [6.45, 7) is 1.32. The Hall–Kier alpha value is -3.81. The number of ether oxygens (including phenoxy) is 3. The van der Waals surface area contributed by atoms with Gasteiger partial charge < -0.3 is 19.1 Å². The highest BCUT2D eigenvalue weighted by Gasteiger charge is 2.23. The van der Waals surface area contributed by atoms with E-state index in [1.807, 2.05) is 36.5 Å². The molecule has 166 valence electrons. The van der Waals surface area contributed by atoms with Gasteiger partial charge in [0, 0.05) is 25.5 Å². The smallest absolute Gasteiger partial charge is 0.338 e. The van der Waals surface area contributed by atoms with Crippen molar-refractivity contribution in [2.75, 3.05) is 27.4 Å². The maximum atomic E-state index is 12.6. The van der Waals surface area contributed by atoms with Crippen LogP contribution in [0.2, 0.25) is 0 Å². The average Bonchev–Trinajstić information content (AvgIpc) is 3.34. The van der Waals surface area contributed by atoms with Gasteiger partial charge in [-0.15, -0.1) is 0 Å². The average molecular weight is 435 g/mol. The van der Waals surface area contributed by atoms with E-state index in [4.69, 9.17) is 14.2 Å². The Morgan fingerprint density at radius 1 is 1.03 bits per heavy atom. The molecule has 4 rings (SSSR count). The largest absolute Gasteiger partial charge is 0.493 e. The van der Waals surface area contributed by atoms with Gasteiger partial charge in [0.25, 0.3) is 5.91 Å². The summed E-state index contributed by atoms with van der Waals surface area (Å²) < 4.78 is 17.8. The minimum absolute atomic E-state index is 0.228. The first-order valence-corrected chi connectivity index (χ1v) is 10.3. The second-order valence-electron chi connectivity index (χ2n) is 7.52. The van der Waals surface area contributed by atoms with E-state index in [9.17, 15) is 9.59 Å². The summed E-state index contributed by atoms with van der Waals surface area (Å²) in [6.07, 6.45) is 4.30. The van der Waals surface area contributed by atoms with Gasteiger partial charge in [-0.2, -0.15) is 5.10 Å². The monoisotopic (exact) mass is 435 g/mol. The summed E-state index contributed by atoms with van der Waals surface area (Å²) in [5.74, 6) is 0.556. The van der Waals surface area contributed by atoms with Crippen molar-refractivity contribution in [3.05, 3.63) is 77.1 Å². The van der Waals surface area contributed by atoms with Gasteiger partial charge in [-0.25, -0.2) is 4.79 Å². The van der Waals surface area contributed by atoms with E-state index in [0.717, 1.165) is 16.7 Å². The molecule has 1 aromatic heterocycles. The third kappa shape index (κ3) is 4.74. The lowest BCUT2D eigenvalue weighted by Crippen LogP contribution is -2.38. The molecule has 1 aliphatic rings. The van der Waals surface area contributed by atoms with Crippen LogP contribution in [-0.4, -0.2) is 53.9 Å². The van der Waals surface area contributed by atoms with Crippen molar-refractivity contribution in [1.29, 1.82) is 0 Å². The van der Waals surface area contributed by atoms with Crippen LogP contribution in [0.3, 0.4) is 0 Å². The van der Waals surface area contributed by atoms with Gasteiger partial charge in [0.2, 0.25) is 0 Å². The number of fused-ring (bicyclic) bond motifs is 1. The number of methoxy groups -OCH3 is 2. The van der Waals surface area contributed by atoms with Crippen molar-refractivity contribution in [3.63, 3.8) is 0 Å². The second-order valence-corrected chi connectivity index (χ2v) is 7.52. The maximum Gasteiger partial charge on any atom is 0.338 e. The highest BCUT2D eigenvalue weighted by molar-refractivity contribution is 5.91. The molecule has 0 atom stereocenters. The van der Waals surface area contributed by atoms with Gasteiger partial charge in [-0.05, 0) is 53.4 Å². The van der Waals surface area contributed by atoms with Crippen LogP contribution >= 0.6 is 0 Å². The van der Waals surface area contributed by atoms with Crippen molar-refractivity contribution in [2.24, 2.45) is 0 Å². The summed E-state index contributed by atoms with van der Waals surface area (Å²) >= 11 is 0. The van der Waals surface area contributed by atoms with Crippen molar-refractivity contribution in [2.45, 2.75) is 19.5 Å². The molecule has 2 heterocycles. The number of carbonyl (C=O) groups is 2. The first-order chi connectivity index (χ1) is 15.6. The number of amides is 1. The Bertz CT molecular complexity index is 1090. The molecule has 0 N–H and O–H groups in total. The van der Waals surface area contributed by atoms with Gasteiger partial charge in [0.15, 0.2) is 18.1 Å². The number of hydrogen-bond acceptors (Lipinski definition) is 6. The molecule has 1 aliphatic heterocycles. The molecule has 0 aliphatic carbocycles. The normalized spacial score (nSPS) is 12.8. The molecule has 0 bridgehead atoms. The van der Waals surface area contributed by atoms with E-state index in [1.165, 1.54) is 0 Å². The van der Waals surface area contributed by atoms with E-state index < -0.39 is 5.97 Å². The van der Waals surface area contributed by atoms with Crippen LogP contribution in [0, 0.1) is 0 Å². The zero-order valence-corrected chi connectivity index (χ0v) is 18.1. The van der Waals surface area contributed by atoms with Crippen LogP contribution in [0.15, 0.2) is 54.9 Å². The molecule has 0 saturated carbocycles. The lowest BCUT2D eigenvalue weighted by atomic mass is 9.99. The van der Waals surface area contributed by atoms with Gasteiger partial charge in [0.05, 0.1) is 26.3 Å². The van der Waals surface area contributed by atoms with Gasteiger partial charge >= 0.3 is 5.97 Å². The molecule has 0 unspecified atom stereocenters. The standard InChI is InChI=1S/C24H25N3O5/c1-30-21-12-19-8-11-26(15-20(19)13-22(21)31-2)23(28)16-32-24(29)18-6-4-17(5-7-18)14-27-10-3-9-25-27/h3-7,9-10,12-13H,8,11,14-16H2,1-2H3. The molecular formula is C24H25N3O5. The third-order valence-corrected chi connectivity index (χ3v) is 5.49. The van der Waals surface area contributed by atoms with Crippen LogP contribution in [0.5, 0.6) is 11.5 Å². The number of hydrogen-bond donors (Lipinski definition) is 0. The number of nitrogens with zero attached hydrogens (tertiary/aromatic N) is 3. The zero-order valence-electron chi connectivity index (χ0n) is 18.1. The Kier molecular flexibility index (Phi) is 6.39. The second kappa shape index (κ2) is 9.55. The Labute approximate surface area is 186 Å². The summed E-state index contributed by atoms with van der Waals surface area (Å²) in [5, 5.41) is 4.16. The molecule has 2 aromatic carbocycles.